The minimum absolute atomic E-state index is 0.0611. The van der Waals surface area contributed by atoms with Gasteiger partial charge in [-0.2, -0.15) is 0 Å². The number of phenolic OH excluding ortho intramolecular Hbond substituents is 1. The maximum Gasteiger partial charge on any atom is 0.262 e. The summed E-state index contributed by atoms with van der Waals surface area (Å²) in [6, 6.07) is 9.53. The largest absolute Gasteiger partial charge is 0.506 e. The Bertz CT molecular complexity index is 727. The van der Waals surface area contributed by atoms with Gasteiger partial charge in [-0.3, -0.25) is 4.72 Å². The monoisotopic (exact) mass is 309 g/mol. The number of anilines is 1. The van der Waals surface area contributed by atoms with Gasteiger partial charge in [0.05, 0.1) is 10.6 Å². The highest BCUT2D eigenvalue weighted by Gasteiger charge is 2.16. The minimum atomic E-state index is -3.86. The topological polar surface area (TPSA) is 66.4 Å². The summed E-state index contributed by atoms with van der Waals surface area (Å²) >= 11 is 0. The highest BCUT2D eigenvalue weighted by molar-refractivity contribution is 7.92. The molecular weight excluding hydrogens is 293 g/mol. The Kier molecular flexibility index (Phi) is 4.47. The molecule has 0 radical (unpaired) electrons. The molecule has 0 fully saturated rings. The maximum atomic E-state index is 13.1. The number of phenols is 1. The first-order valence-electron chi connectivity index (χ1n) is 6.52. The summed E-state index contributed by atoms with van der Waals surface area (Å²) in [5, 5.41) is 9.57. The second-order valence-electron chi connectivity index (χ2n) is 4.66. The molecule has 0 aliphatic heterocycles. The average molecular weight is 309 g/mol. The Morgan fingerprint density at radius 3 is 2.43 bits per heavy atom. The molecule has 0 atom stereocenters. The van der Waals surface area contributed by atoms with E-state index in [0.717, 1.165) is 36.6 Å². The summed E-state index contributed by atoms with van der Waals surface area (Å²) < 4.78 is 39.7. The van der Waals surface area contributed by atoms with Crippen LogP contribution >= 0.6 is 0 Å². The summed E-state index contributed by atoms with van der Waals surface area (Å²) in [6.07, 6.45) is 1.85. The Morgan fingerprint density at radius 2 is 1.81 bits per heavy atom. The van der Waals surface area contributed by atoms with Gasteiger partial charge in [-0.05, 0) is 36.2 Å². The maximum absolute atomic E-state index is 13.1. The molecule has 21 heavy (non-hydrogen) atoms. The van der Waals surface area contributed by atoms with E-state index in [4.69, 9.17) is 0 Å². The van der Waals surface area contributed by atoms with Crippen LogP contribution in [0.15, 0.2) is 47.4 Å². The van der Waals surface area contributed by atoms with E-state index in [9.17, 15) is 17.9 Å². The number of rotatable bonds is 5. The number of aryl methyl sites for hydroxylation is 1. The van der Waals surface area contributed by atoms with Crippen molar-refractivity contribution in [3.63, 3.8) is 0 Å². The molecule has 2 N–H and O–H groups in total. The van der Waals surface area contributed by atoms with E-state index < -0.39 is 15.8 Å². The lowest BCUT2D eigenvalue weighted by Crippen LogP contribution is -2.13. The summed E-state index contributed by atoms with van der Waals surface area (Å²) in [6.45, 7) is 2.04. The van der Waals surface area contributed by atoms with Crippen LogP contribution in [0, 0.1) is 5.82 Å². The molecule has 112 valence electrons. The summed E-state index contributed by atoms with van der Waals surface area (Å²) in [7, 11) is -3.86. The van der Waals surface area contributed by atoms with Crippen LogP contribution in [0.3, 0.4) is 0 Å². The van der Waals surface area contributed by atoms with Gasteiger partial charge in [0.1, 0.15) is 11.6 Å². The van der Waals surface area contributed by atoms with Crippen LogP contribution < -0.4 is 4.72 Å². The average Bonchev–Trinajstić information content (AvgIpc) is 2.44. The predicted molar refractivity (Wildman–Crippen MR) is 79.3 cm³/mol. The predicted octanol–water partition coefficient (Wildman–Crippen LogP) is 3.28. The van der Waals surface area contributed by atoms with Crippen molar-refractivity contribution in [1.82, 2.24) is 0 Å². The molecule has 0 spiro atoms. The zero-order valence-corrected chi connectivity index (χ0v) is 12.3. The third-order valence-corrected chi connectivity index (χ3v) is 4.36. The van der Waals surface area contributed by atoms with Gasteiger partial charge in [0.2, 0.25) is 0 Å². The van der Waals surface area contributed by atoms with E-state index in [0.29, 0.717) is 0 Å². The van der Waals surface area contributed by atoms with E-state index >= 15 is 0 Å². The molecule has 0 aliphatic carbocycles. The summed E-state index contributed by atoms with van der Waals surface area (Å²) in [5.41, 5.74) is 0.859. The fourth-order valence-electron chi connectivity index (χ4n) is 1.92. The second kappa shape index (κ2) is 6.13. The van der Waals surface area contributed by atoms with Crippen molar-refractivity contribution in [1.29, 1.82) is 0 Å². The summed E-state index contributed by atoms with van der Waals surface area (Å²) in [5.74, 6) is -0.966. The van der Waals surface area contributed by atoms with E-state index in [1.807, 2.05) is 6.92 Å². The van der Waals surface area contributed by atoms with Gasteiger partial charge < -0.3 is 5.11 Å². The molecule has 6 heteroatoms. The Morgan fingerprint density at radius 1 is 1.14 bits per heavy atom. The fourth-order valence-corrected chi connectivity index (χ4v) is 2.98. The zero-order valence-electron chi connectivity index (χ0n) is 11.5. The standard InChI is InChI=1S/C15H16FNO3S/c1-2-3-11-4-7-13(8-5-11)21(19,20)17-14-10-12(16)6-9-15(14)18/h4-10,17-18H,2-3H2,1H3. The van der Waals surface area contributed by atoms with Crippen molar-refractivity contribution in [3.8, 4) is 5.75 Å². The van der Waals surface area contributed by atoms with Crippen LogP contribution in [0.25, 0.3) is 0 Å². The van der Waals surface area contributed by atoms with Crippen molar-refractivity contribution >= 4 is 15.7 Å². The number of hydrogen-bond donors (Lipinski definition) is 2. The minimum Gasteiger partial charge on any atom is -0.506 e. The van der Waals surface area contributed by atoms with E-state index in [1.54, 1.807) is 12.1 Å². The van der Waals surface area contributed by atoms with Crippen molar-refractivity contribution in [2.45, 2.75) is 24.7 Å². The van der Waals surface area contributed by atoms with E-state index in [-0.39, 0.29) is 16.3 Å². The number of nitrogens with one attached hydrogen (secondary N) is 1. The van der Waals surface area contributed by atoms with Crippen molar-refractivity contribution < 1.29 is 17.9 Å². The smallest absolute Gasteiger partial charge is 0.262 e. The SMILES string of the molecule is CCCc1ccc(S(=O)(=O)Nc2cc(F)ccc2O)cc1. The number of hydrogen-bond acceptors (Lipinski definition) is 3. The molecular formula is C15H16FNO3S. The van der Waals surface area contributed by atoms with Crippen LogP contribution in [-0.4, -0.2) is 13.5 Å². The Balaban J connectivity index is 2.27. The normalized spacial score (nSPS) is 11.3. The third-order valence-electron chi connectivity index (χ3n) is 2.98. The highest BCUT2D eigenvalue weighted by Crippen LogP contribution is 2.26. The van der Waals surface area contributed by atoms with Gasteiger partial charge in [-0.15, -0.1) is 0 Å². The molecule has 0 amide bonds. The van der Waals surface area contributed by atoms with Gasteiger partial charge >= 0.3 is 0 Å². The van der Waals surface area contributed by atoms with Crippen LogP contribution in [0.1, 0.15) is 18.9 Å². The van der Waals surface area contributed by atoms with Crippen LogP contribution in [0.4, 0.5) is 10.1 Å². The summed E-state index contributed by atoms with van der Waals surface area (Å²) in [4.78, 5) is 0.0611. The van der Waals surface area contributed by atoms with Crippen LogP contribution in [0.2, 0.25) is 0 Å². The fraction of sp³-hybridized carbons (Fsp3) is 0.200. The molecule has 2 aromatic rings. The van der Waals surface area contributed by atoms with Crippen molar-refractivity contribution in [3.05, 3.63) is 53.8 Å². The highest BCUT2D eigenvalue weighted by atomic mass is 32.2. The second-order valence-corrected chi connectivity index (χ2v) is 6.34. The molecule has 0 unspecified atom stereocenters. The molecule has 2 aromatic carbocycles. The number of halogens is 1. The Labute approximate surface area is 123 Å². The molecule has 0 aliphatic rings. The van der Waals surface area contributed by atoms with Gasteiger partial charge in [-0.1, -0.05) is 25.5 Å². The third kappa shape index (κ3) is 3.72. The van der Waals surface area contributed by atoms with Crippen molar-refractivity contribution in [2.24, 2.45) is 0 Å². The molecule has 2 rings (SSSR count). The number of sulfonamides is 1. The molecule has 0 heterocycles. The zero-order chi connectivity index (χ0) is 15.5. The first-order valence-corrected chi connectivity index (χ1v) is 8.01. The van der Waals surface area contributed by atoms with Crippen LogP contribution in [0.5, 0.6) is 5.75 Å². The Hall–Kier alpha value is -2.08. The molecule has 4 nitrogen and oxygen atoms in total. The van der Waals surface area contributed by atoms with Gasteiger partial charge in [0.25, 0.3) is 10.0 Å². The van der Waals surface area contributed by atoms with Crippen LogP contribution in [-0.2, 0) is 16.4 Å². The lowest BCUT2D eigenvalue weighted by Gasteiger charge is -2.10. The van der Waals surface area contributed by atoms with Gasteiger partial charge in [0.15, 0.2) is 0 Å². The molecule has 0 saturated carbocycles. The number of aromatic hydroxyl groups is 1. The quantitative estimate of drug-likeness (QED) is 0.833. The molecule has 0 saturated heterocycles. The molecule has 0 bridgehead atoms. The molecule has 0 aromatic heterocycles. The van der Waals surface area contributed by atoms with Gasteiger partial charge in [-0.25, -0.2) is 12.8 Å². The van der Waals surface area contributed by atoms with E-state index in [2.05, 4.69) is 4.72 Å². The first-order chi connectivity index (χ1) is 9.92. The number of benzene rings is 2. The lowest BCUT2D eigenvalue weighted by atomic mass is 10.1. The van der Waals surface area contributed by atoms with Gasteiger partial charge in [0, 0.05) is 6.07 Å². The first kappa shape index (κ1) is 15.3. The van der Waals surface area contributed by atoms with E-state index in [1.165, 1.54) is 12.1 Å². The van der Waals surface area contributed by atoms with Crippen molar-refractivity contribution in [2.75, 3.05) is 4.72 Å². The lowest BCUT2D eigenvalue weighted by molar-refractivity contribution is 0.475.